The standard InChI is InChI=1S/C27H23ClF2N2O4/c1-3-31(4-2)27(33)36-23-6-5-22-20(26(23)16-9-18(29)12-19(30)10-16)7-8-32(22)14-17-11-24-25(13-21(17)28)35-15-34-24/h5-13H,3-4,14-15H2,1-2H3. The summed E-state index contributed by atoms with van der Waals surface area (Å²) in [4.78, 5) is 14.2. The summed E-state index contributed by atoms with van der Waals surface area (Å²) in [5.74, 6) is -0.0314. The molecule has 0 fully saturated rings. The van der Waals surface area contributed by atoms with Gasteiger partial charge in [-0.3, -0.25) is 0 Å². The second-order valence-electron chi connectivity index (χ2n) is 8.31. The highest BCUT2D eigenvalue weighted by atomic mass is 35.5. The number of rotatable bonds is 6. The lowest BCUT2D eigenvalue weighted by atomic mass is 10.00. The normalized spacial score (nSPS) is 12.2. The molecule has 0 bridgehead atoms. The number of carbonyl (C=O) groups is 1. The summed E-state index contributed by atoms with van der Waals surface area (Å²) >= 11 is 6.48. The van der Waals surface area contributed by atoms with Crippen molar-refractivity contribution in [3.63, 3.8) is 0 Å². The van der Waals surface area contributed by atoms with E-state index in [1.54, 1.807) is 18.2 Å². The number of nitrogens with zero attached hydrogens (tertiary/aromatic N) is 2. The first-order valence-electron chi connectivity index (χ1n) is 11.5. The Kier molecular flexibility index (Phi) is 6.45. The highest BCUT2D eigenvalue weighted by Crippen LogP contribution is 2.40. The minimum Gasteiger partial charge on any atom is -0.454 e. The van der Waals surface area contributed by atoms with Gasteiger partial charge in [-0.2, -0.15) is 0 Å². The molecule has 0 radical (unpaired) electrons. The van der Waals surface area contributed by atoms with Crippen molar-refractivity contribution in [1.82, 2.24) is 9.47 Å². The van der Waals surface area contributed by atoms with Crippen LogP contribution in [-0.2, 0) is 6.54 Å². The fourth-order valence-corrected chi connectivity index (χ4v) is 4.59. The van der Waals surface area contributed by atoms with Gasteiger partial charge in [0.1, 0.15) is 17.4 Å². The average molecular weight is 513 g/mol. The molecular weight excluding hydrogens is 490 g/mol. The Labute approximate surface area is 211 Å². The molecule has 1 amide bonds. The first-order valence-corrected chi connectivity index (χ1v) is 11.9. The Balaban J connectivity index is 1.61. The van der Waals surface area contributed by atoms with Gasteiger partial charge >= 0.3 is 6.09 Å². The second-order valence-corrected chi connectivity index (χ2v) is 8.72. The van der Waals surface area contributed by atoms with E-state index < -0.39 is 17.7 Å². The van der Waals surface area contributed by atoms with Crippen molar-refractivity contribution in [1.29, 1.82) is 0 Å². The highest BCUT2D eigenvalue weighted by molar-refractivity contribution is 6.31. The van der Waals surface area contributed by atoms with E-state index >= 15 is 0 Å². The summed E-state index contributed by atoms with van der Waals surface area (Å²) < 4.78 is 46.9. The number of aromatic nitrogens is 1. The zero-order valence-electron chi connectivity index (χ0n) is 19.7. The van der Waals surface area contributed by atoms with Crippen molar-refractivity contribution >= 4 is 28.6 Å². The van der Waals surface area contributed by atoms with Crippen molar-refractivity contribution in [3.05, 3.63) is 76.9 Å². The maximum absolute atomic E-state index is 14.2. The molecule has 4 aromatic rings. The van der Waals surface area contributed by atoms with Crippen LogP contribution in [-0.4, -0.2) is 35.4 Å². The number of ether oxygens (including phenoxy) is 3. The first-order chi connectivity index (χ1) is 17.4. The minimum absolute atomic E-state index is 0.143. The summed E-state index contributed by atoms with van der Waals surface area (Å²) in [6.45, 7) is 5.18. The maximum Gasteiger partial charge on any atom is 0.415 e. The van der Waals surface area contributed by atoms with Gasteiger partial charge in [-0.05, 0) is 61.4 Å². The van der Waals surface area contributed by atoms with E-state index in [-0.39, 0.29) is 18.1 Å². The van der Waals surface area contributed by atoms with Crippen LogP contribution < -0.4 is 14.2 Å². The zero-order valence-corrected chi connectivity index (χ0v) is 20.4. The van der Waals surface area contributed by atoms with E-state index in [1.165, 1.54) is 17.0 Å². The number of amides is 1. The van der Waals surface area contributed by atoms with Crippen molar-refractivity contribution in [2.45, 2.75) is 20.4 Å². The van der Waals surface area contributed by atoms with Crippen LogP contribution in [0.4, 0.5) is 13.6 Å². The maximum atomic E-state index is 14.2. The largest absolute Gasteiger partial charge is 0.454 e. The third-order valence-electron chi connectivity index (χ3n) is 6.17. The summed E-state index contributed by atoms with van der Waals surface area (Å²) in [5, 5.41) is 1.19. The SMILES string of the molecule is CCN(CC)C(=O)Oc1ccc2c(ccn2Cc2cc3c(cc2Cl)OCO3)c1-c1cc(F)cc(F)c1. The third-order valence-corrected chi connectivity index (χ3v) is 6.52. The summed E-state index contributed by atoms with van der Waals surface area (Å²) in [6.07, 6.45) is 1.31. The van der Waals surface area contributed by atoms with Crippen LogP contribution in [0.3, 0.4) is 0 Å². The molecule has 5 rings (SSSR count). The Morgan fingerprint density at radius 2 is 1.72 bits per heavy atom. The molecule has 0 unspecified atom stereocenters. The predicted octanol–water partition coefficient (Wildman–Crippen LogP) is 6.86. The molecule has 0 spiro atoms. The number of benzene rings is 3. The Bertz CT molecular complexity index is 1450. The molecule has 1 aliphatic rings. The van der Waals surface area contributed by atoms with Crippen LogP contribution in [0.25, 0.3) is 22.0 Å². The molecule has 1 aromatic heterocycles. The van der Waals surface area contributed by atoms with Crippen LogP contribution in [0, 0.1) is 11.6 Å². The quantitative estimate of drug-likeness (QED) is 0.283. The van der Waals surface area contributed by atoms with Gasteiger partial charge in [-0.1, -0.05) is 11.6 Å². The van der Waals surface area contributed by atoms with E-state index in [0.29, 0.717) is 47.1 Å². The van der Waals surface area contributed by atoms with Gasteiger partial charge in [0.25, 0.3) is 0 Å². The van der Waals surface area contributed by atoms with Crippen LogP contribution in [0.2, 0.25) is 5.02 Å². The van der Waals surface area contributed by atoms with E-state index in [1.807, 2.05) is 36.7 Å². The highest BCUT2D eigenvalue weighted by Gasteiger charge is 2.21. The lowest BCUT2D eigenvalue weighted by Gasteiger charge is -2.20. The Morgan fingerprint density at radius 3 is 2.42 bits per heavy atom. The Hall–Kier alpha value is -3.78. The van der Waals surface area contributed by atoms with E-state index in [9.17, 15) is 13.6 Å². The van der Waals surface area contributed by atoms with Gasteiger partial charge in [0.05, 0.1) is 0 Å². The van der Waals surface area contributed by atoms with E-state index in [4.69, 9.17) is 25.8 Å². The minimum atomic E-state index is -0.727. The number of halogens is 3. The molecule has 186 valence electrons. The molecule has 36 heavy (non-hydrogen) atoms. The van der Waals surface area contributed by atoms with Crippen molar-refractivity contribution < 1.29 is 27.8 Å². The fraction of sp³-hybridized carbons (Fsp3) is 0.222. The van der Waals surface area contributed by atoms with Crippen molar-refractivity contribution in [2.24, 2.45) is 0 Å². The average Bonchev–Trinajstić information content (AvgIpc) is 3.46. The lowest BCUT2D eigenvalue weighted by Crippen LogP contribution is -2.33. The summed E-state index contributed by atoms with van der Waals surface area (Å²) in [7, 11) is 0. The van der Waals surface area contributed by atoms with Gasteiger partial charge in [0, 0.05) is 59.5 Å². The Morgan fingerprint density at radius 1 is 1.03 bits per heavy atom. The molecule has 6 nitrogen and oxygen atoms in total. The molecule has 0 atom stereocenters. The first kappa shape index (κ1) is 23.9. The number of hydrogen-bond acceptors (Lipinski definition) is 4. The molecule has 0 aliphatic carbocycles. The van der Waals surface area contributed by atoms with E-state index in [2.05, 4.69) is 0 Å². The van der Waals surface area contributed by atoms with Gasteiger partial charge in [0.2, 0.25) is 6.79 Å². The number of hydrogen-bond donors (Lipinski definition) is 0. The second kappa shape index (κ2) is 9.70. The molecule has 3 aromatic carbocycles. The molecule has 0 saturated heterocycles. The third kappa shape index (κ3) is 4.44. The number of fused-ring (bicyclic) bond motifs is 2. The lowest BCUT2D eigenvalue weighted by molar-refractivity contribution is 0.157. The molecule has 0 saturated carbocycles. The van der Waals surface area contributed by atoms with Crippen LogP contribution in [0.1, 0.15) is 19.4 Å². The van der Waals surface area contributed by atoms with Gasteiger partial charge < -0.3 is 23.7 Å². The van der Waals surface area contributed by atoms with Crippen LogP contribution in [0.5, 0.6) is 17.2 Å². The molecular formula is C27H23ClF2N2O4. The summed E-state index contributed by atoms with van der Waals surface area (Å²) in [6, 6.07) is 12.1. The number of carbonyl (C=O) groups excluding carboxylic acids is 1. The van der Waals surface area contributed by atoms with Crippen LogP contribution in [0.15, 0.2) is 54.7 Å². The van der Waals surface area contributed by atoms with Crippen molar-refractivity contribution in [3.8, 4) is 28.4 Å². The predicted molar refractivity (Wildman–Crippen MR) is 133 cm³/mol. The molecule has 9 heteroatoms. The molecule has 1 aliphatic heterocycles. The van der Waals surface area contributed by atoms with Gasteiger partial charge in [-0.25, -0.2) is 13.6 Å². The van der Waals surface area contributed by atoms with Gasteiger partial charge in [-0.15, -0.1) is 0 Å². The monoisotopic (exact) mass is 512 g/mol. The van der Waals surface area contributed by atoms with Gasteiger partial charge in [0.15, 0.2) is 11.5 Å². The zero-order chi connectivity index (χ0) is 25.4. The van der Waals surface area contributed by atoms with E-state index in [0.717, 1.165) is 17.1 Å². The van der Waals surface area contributed by atoms with Crippen molar-refractivity contribution in [2.75, 3.05) is 19.9 Å². The van der Waals surface area contributed by atoms with Crippen LogP contribution >= 0.6 is 11.6 Å². The topological polar surface area (TPSA) is 52.9 Å². The smallest absolute Gasteiger partial charge is 0.415 e. The molecule has 0 N–H and O–H groups in total. The summed E-state index contributed by atoms with van der Waals surface area (Å²) in [5.41, 5.74) is 2.26. The fourth-order valence-electron chi connectivity index (χ4n) is 4.38. The molecule has 2 heterocycles.